The second-order valence-electron chi connectivity index (χ2n) is 10.6. The molecule has 0 amide bonds. The largest absolute Gasteiger partial charge is 0.492 e. The standard InChI is InChI=1S/C31H34N2O5/c1-31(2,33-37)29(34)25-13-9-22-6-5-20(16-27(22)17-25)4-3-15-38-28-18-24(12-14-26(28)19-32)21-7-10-23(11-8-21)30(35)36/h7-14,17-18,20,29,33-34,37H,3-6,15-16H2,1-2H3,(H,35,36)/t20?,29-/m1/s1. The van der Waals surface area contributed by atoms with Gasteiger partial charge in [-0.25, -0.2) is 4.79 Å². The Labute approximate surface area is 223 Å². The Kier molecular flexibility index (Phi) is 8.48. The van der Waals surface area contributed by atoms with E-state index in [2.05, 4.69) is 23.7 Å². The van der Waals surface area contributed by atoms with Crippen LogP contribution in [0.4, 0.5) is 0 Å². The Hall–Kier alpha value is -3.70. The molecule has 0 heterocycles. The third-order valence-corrected chi connectivity index (χ3v) is 7.43. The number of aliphatic hydroxyl groups excluding tert-OH is 1. The van der Waals surface area contributed by atoms with Gasteiger partial charge in [0.05, 0.1) is 29.4 Å². The summed E-state index contributed by atoms with van der Waals surface area (Å²) in [6.07, 6.45) is 4.06. The number of carboxylic acid groups (broad SMARTS) is 1. The third-order valence-electron chi connectivity index (χ3n) is 7.43. The van der Waals surface area contributed by atoms with Gasteiger partial charge in [-0.2, -0.15) is 10.7 Å². The molecule has 3 aromatic rings. The van der Waals surface area contributed by atoms with Crippen LogP contribution < -0.4 is 10.2 Å². The van der Waals surface area contributed by atoms with Crippen LogP contribution in [-0.2, 0) is 12.8 Å². The molecule has 7 heteroatoms. The maximum Gasteiger partial charge on any atom is 0.335 e. The Bertz CT molecular complexity index is 1330. The van der Waals surface area contributed by atoms with Crippen molar-refractivity contribution in [2.45, 2.75) is 57.6 Å². The minimum absolute atomic E-state index is 0.225. The van der Waals surface area contributed by atoms with Gasteiger partial charge in [0, 0.05) is 0 Å². The molecule has 198 valence electrons. The summed E-state index contributed by atoms with van der Waals surface area (Å²) in [5.41, 5.74) is 7.11. The quantitative estimate of drug-likeness (QED) is 0.203. The van der Waals surface area contributed by atoms with Crippen molar-refractivity contribution >= 4 is 5.97 Å². The second-order valence-corrected chi connectivity index (χ2v) is 10.6. The maximum absolute atomic E-state index is 11.1. The summed E-state index contributed by atoms with van der Waals surface area (Å²) in [5, 5.41) is 38.7. The van der Waals surface area contributed by atoms with Gasteiger partial charge in [0.15, 0.2) is 0 Å². The van der Waals surface area contributed by atoms with Gasteiger partial charge in [0.1, 0.15) is 11.8 Å². The summed E-state index contributed by atoms with van der Waals surface area (Å²) in [6.45, 7) is 4.00. The van der Waals surface area contributed by atoms with Crippen molar-refractivity contribution in [1.29, 1.82) is 5.26 Å². The molecule has 0 saturated carbocycles. The lowest BCUT2D eigenvalue weighted by atomic mass is 9.80. The summed E-state index contributed by atoms with van der Waals surface area (Å²) in [7, 11) is 0. The molecule has 0 aromatic heterocycles. The van der Waals surface area contributed by atoms with Crippen LogP contribution in [0.15, 0.2) is 60.7 Å². The van der Waals surface area contributed by atoms with E-state index in [1.165, 1.54) is 11.1 Å². The molecule has 4 rings (SSSR count). The molecule has 38 heavy (non-hydrogen) atoms. The van der Waals surface area contributed by atoms with Crippen LogP contribution >= 0.6 is 0 Å². The predicted molar refractivity (Wildman–Crippen MR) is 144 cm³/mol. The van der Waals surface area contributed by atoms with Crippen LogP contribution in [0.3, 0.4) is 0 Å². The number of hydrogen-bond donors (Lipinski definition) is 4. The number of fused-ring (bicyclic) bond motifs is 1. The number of rotatable bonds is 10. The smallest absolute Gasteiger partial charge is 0.335 e. The second kappa shape index (κ2) is 11.8. The summed E-state index contributed by atoms with van der Waals surface area (Å²) in [5.74, 6) is 0.0693. The number of nitrogens with zero attached hydrogens (tertiary/aromatic N) is 1. The van der Waals surface area contributed by atoms with Crippen LogP contribution in [0.5, 0.6) is 5.75 Å². The predicted octanol–water partition coefficient (Wildman–Crippen LogP) is 5.68. The number of aliphatic hydroxyl groups is 1. The fraction of sp³-hybridized carbons (Fsp3) is 0.355. The van der Waals surface area contributed by atoms with Crippen LogP contribution in [0, 0.1) is 17.2 Å². The van der Waals surface area contributed by atoms with Crippen molar-refractivity contribution < 1.29 is 25.0 Å². The molecule has 1 aliphatic carbocycles. The van der Waals surface area contributed by atoms with Gasteiger partial charge in [-0.15, -0.1) is 0 Å². The molecular formula is C31H34N2O5. The monoisotopic (exact) mass is 514 g/mol. The highest BCUT2D eigenvalue weighted by molar-refractivity contribution is 5.88. The first-order valence-electron chi connectivity index (χ1n) is 12.9. The Morgan fingerprint density at radius 3 is 2.53 bits per heavy atom. The van der Waals surface area contributed by atoms with Gasteiger partial charge in [-0.05, 0) is 104 Å². The molecular weight excluding hydrogens is 480 g/mol. The maximum atomic E-state index is 11.1. The van der Waals surface area contributed by atoms with Crippen molar-refractivity contribution in [1.82, 2.24) is 5.48 Å². The number of ether oxygens (including phenoxy) is 1. The van der Waals surface area contributed by atoms with E-state index in [0.717, 1.165) is 48.8 Å². The molecule has 0 aliphatic heterocycles. The van der Waals surface area contributed by atoms with E-state index in [0.29, 0.717) is 23.8 Å². The summed E-state index contributed by atoms with van der Waals surface area (Å²) in [4.78, 5) is 11.1. The molecule has 2 atom stereocenters. The fourth-order valence-electron chi connectivity index (χ4n) is 5.02. The van der Waals surface area contributed by atoms with Gasteiger partial charge in [-0.1, -0.05) is 36.4 Å². The number of nitriles is 1. The molecule has 3 aromatic carbocycles. The number of carboxylic acids is 1. The van der Waals surface area contributed by atoms with Gasteiger partial charge >= 0.3 is 5.97 Å². The summed E-state index contributed by atoms with van der Waals surface area (Å²) >= 11 is 0. The van der Waals surface area contributed by atoms with Crippen LogP contribution in [0.2, 0.25) is 0 Å². The van der Waals surface area contributed by atoms with Crippen LogP contribution in [0.1, 0.15) is 71.8 Å². The number of aryl methyl sites for hydroxylation is 1. The molecule has 0 radical (unpaired) electrons. The van der Waals surface area contributed by atoms with E-state index in [9.17, 15) is 20.4 Å². The van der Waals surface area contributed by atoms with Crippen molar-refractivity contribution in [3.8, 4) is 22.9 Å². The van der Waals surface area contributed by atoms with E-state index in [1.54, 1.807) is 44.2 Å². The molecule has 0 fully saturated rings. The number of carbonyl (C=O) groups is 1. The molecule has 1 unspecified atom stereocenters. The van der Waals surface area contributed by atoms with Crippen molar-refractivity contribution in [2.24, 2.45) is 5.92 Å². The molecule has 0 saturated heterocycles. The number of hydrogen-bond acceptors (Lipinski definition) is 6. The van der Waals surface area contributed by atoms with Crippen molar-refractivity contribution in [2.75, 3.05) is 6.61 Å². The van der Waals surface area contributed by atoms with Crippen molar-refractivity contribution in [3.05, 3.63) is 88.5 Å². The van der Waals surface area contributed by atoms with Gasteiger partial charge < -0.3 is 20.2 Å². The Balaban J connectivity index is 1.35. The highest BCUT2D eigenvalue weighted by Crippen LogP contribution is 2.33. The first kappa shape index (κ1) is 27.3. The molecule has 0 bridgehead atoms. The SMILES string of the molecule is CC(C)(NO)[C@H](O)c1ccc2c(c1)CC(CCCOc1cc(-c3ccc(C(=O)O)cc3)ccc1C#N)CC2. The fourth-order valence-corrected chi connectivity index (χ4v) is 5.02. The van der Waals surface area contributed by atoms with Gasteiger partial charge in [0.25, 0.3) is 0 Å². The lowest BCUT2D eigenvalue weighted by Gasteiger charge is -2.31. The van der Waals surface area contributed by atoms with Crippen LogP contribution in [0.25, 0.3) is 11.1 Å². The average molecular weight is 515 g/mol. The lowest BCUT2D eigenvalue weighted by Crippen LogP contribution is -2.42. The highest BCUT2D eigenvalue weighted by Gasteiger charge is 2.29. The van der Waals surface area contributed by atoms with E-state index in [1.807, 2.05) is 18.2 Å². The number of hydroxylamine groups is 1. The number of aromatic carboxylic acids is 1. The normalized spacial score (nSPS) is 15.8. The number of nitrogens with one attached hydrogen (secondary N) is 1. The lowest BCUT2D eigenvalue weighted by molar-refractivity contribution is -0.0103. The zero-order chi connectivity index (χ0) is 27.3. The first-order valence-corrected chi connectivity index (χ1v) is 12.9. The molecule has 7 nitrogen and oxygen atoms in total. The first-order chi connectivity index (χ1) is 18.2. The topological polar surface area (TPSA) is 123 Å². The minimum atomic E-state index is -0.970. The van der Waals surface area contributed by atoms with Crippen LogP contribution in [-0.4, -0.2) is 33.5 Å². The van der Waals surface area contributed by atoms with E-state index in [4.69, 9.17) is 9.84 Å². The Morgan fingerprint density at radius 2 is 1.84 bits per heavy atom. The van der Waals surface area contributed by atoms with E-state index in [-0.39, 0.29) is 5.56 Å². The zero-order valence-corrected chi connectivity index (χ0v) is 21.8. The summed E-state index contributed by atoms with van der Waals surface area (Å²) in [6, 6.07) is 20.3. The third kappa shape index (κ3) is 6.22. The van der Waals surface area contributed by atoms with Gasteiger partial charge in [0.2, 0.25) is 0 Å². The van der Waals surface area contributed by atoms with E-state index < -0.39 is 17.6 Å². The highest BCUT2D eigenvalue weighted by atomic mass is 16.5. The van der Waals surface area contributed by atoms with Crippen molar-refractivity contribution in [3.63, 3.8) is 0 Å². The molecule has 1 aliphatic rings. The van der Waals surface area contributed by atoms with E-state index >= 15 is 0 Å². The molecule has 4 N–H and O–H groups in total. The summed E-state index contributed by atoms with van der Waals surface area (Å²) < 4.78 is 6.03. The minimum Gasteiger partial charge on any atom is -0.492 e. The Morgan fingerprint density at radius 1 is 1.11 bits per heavy atom. The van der Waals surface area contributed by atoms with Gasteiger partial charge in [-0.3, -0.25) is 0 Å². The number of benzene rings is 3. The molecule has 0 spiro atoms. The average Bonchev–Trinajstić information content (AvgIpc) is 2.94. The zero-order valence-electron chi connectivity index (χ0n) is 21.8.